The molecule has 1 atom stereocenters. The van der Waals surface area contributed by atoms with Gasteiger partial charge in [0.15, 0.2) is 0 Å². The van der Waals surface area contributed by atoms with Crippen LogP contribution in [-0.2, 0) is 4.79 Å². The zero-order valence-electron chi connectivity index (χ0n) is 7.37. The van der Waals surface area contributed by atoms with Gasteiger partial charge in [0.25, 0.3) is 0 Å². The summed E-state index contributed by atoms with van der Waals surface area (Å²) in [5, 5.41) is 19.5. The normalized spacial score (nSPS) is 12.5. The molecule has 0 aromatic carbocycles. The summed E-state index contributed by atoms with van der Waals surface area (Å²) in [5.74, 6) is -0.573. The molecule has 0 heterocycles. The summed E-state index contributed by atoms with van der Waals surface area (Å²) in [6, 6.07) is 1.26. The topological polar surface area (TPSA) is 73.1 Å². The summed E-state index contributed by atoms with van der Waals surface area (Å²) >= 11 is 0. The van der Waals surface area contributed by atoms with Gasteiger partial charge in [0.05, 0.1) is 12.6 Å². The van der Waals surface area contributed by atoms with Crippen molar-refractivity contribution in [2.45, 2.75) is 26.3 Å². The highest BCUT2D eigenvalue weighted by molar-refractivity contribution is 5.73. The average Bonchev–Trinajstić information content (AvgIpc) is 1.96. The third kappa shape index (κ3) is 4.69. The van der Waals surface area contributed by atoms with E-state index in [4.69, 9.17) is 10.4 Å². The van der Waals surface area contributed by atoms with Gasteiger partial charge in [-0.1, -0.05) is 13.8 Å². The molecule has 0 fully saturated rings. The van der Waals surface area contributed by atoms with E-state index in [1.165, 1.54) is 0 Å². The first-order valence-electron chi connectivity index (χ1n) is 3.91. The molecule has 0 aromatic heterocycles. The lowest BCUT2D eigenvalue weighted by Crippen LogP contribution is -2.37. The SMILES string of the molecule is CC(C)CC(NCC#N)C(=O)O. The number of nitrogens with zero attached hydrogens (tertiary/aromatic N) is 1. The molecule has 0 radical (unpaired) electrons. The molecule has 0 bridgehead atoms. The maximum absolute atomic E-state index is 10.6. The van der Waals surface area contributed by atoms with Crippen LogP contribution in [0.3, 0.4) is 0 Å². The highest BCUT2D eigenvalue weighted by Crippen LogP contribution is 2.04. The van der Waals surface area contributed by atoms with Crippen LogP contribution in [0.2, 0.25) is 0 Å². The molecule has 2 N–H and O–H groups in total. The lowest BCUT2D eigenvalue weighted by atomic mass is 10.0. The van der Waals surface area contributed by atoms with Gasteiger partial charge in [-0.3, -0.25) is 10.1 Å². The molecular weight excluding hydrogens is 156 g/mol. The zero-order chi connectivity index (χ0) is 9.56. The van der Waals surface area contributed by atoms with Crippen molar-refractivity contribution in [3.63, 3.8) is 0 Å². The minimum atomic E-state index is -0.890. The van der Waals surface area contributed by atoms with Crippen LogP contribution in [0.25, 0.3) is 0 Å². The summed E-state index contributed by atoms with van der Waals surface area (Å²) in [6.07, 6.45) is 0.553. The molecule has 0 aliphatic heterocycles. The smallest absolute Gasteiger partial charge is 0.320 e. The van der Waals surface area contributed by atoms with E-state index in [2.05, 4.69) is 5.32 Å². The van der Waals surface area contributed by atoms with Gasteiger partial charge in [0.2, 0.25) is 0 Å². The number of hydrogen-bond acceptors (Lipinski definition) is 3. The standard InChI is InChI=1S/C8H14N2O2/c1-6(2)5-7(8(11)12)10-4-3-9/h6-7,10H,4-5H2,1-2H3,(H,11,12). The average molecular weight is 170 g/mol. The van der Waals surface area contributed by atoms with E-state index in [-0.39, 0.29) is 6.54 Å². The fraction of sp³-hybridized carbons (Fsp3) is 0.750. The van der Waals surface area contributed by atoms with E-state index >= 15 is 0 Å². The Labute approximate surface area is 72.2 Å². The van der Waals surface area contributed by atoms with Crippen LogP contribution in [0, 0.1) is 17.2 Å². The van der Waals surface area contributed by atoms with Gasteiger partial charge in [-0.15, -0.1) is 0 Å². The molecule has 12 heavy (non-hydrogen) atoms. The first kappa shape index (κ1) is 10.9. The molecule has 0 rings (SSSR count). The number of hydrogen-bond donors (Lipinski definition) is 2. The van der Waals surface area contributed by atoms with Crippen LogP contribution >= 0.6 is 0 Å². The van der Waals surface area contributed by atoms with E-state index in [9.17, 15) is 4.79 Å². The van der Waals surface area contributed by atoms with Crippen LogP contribution in [-0.4, -0.2) is 23.7 Å². The first-order chi connectivity index (χ1) is 5.57. The van der Waals surface area contributed by atoms with E-state index in [1.807, 2.05) is 19.9 Å². The Morgan fingerprint density at radius 2 is 2.25 bits per heavy atom. The number of carboxylic acid groups (broad SMARTS) is 1. The molecule has 0 aliphatic carbocycles. The highest BCUT2D eigenvalue weighted by Gasteiger charge is 2.17. The van der Waals surface area contributed by atoms with Gasteiger partial charge in [0.1, 0.15) is 6.04 Å². The molecule has 68 valence electrons. The van der Waals surface area contributed by atoms with E-state index in [1.54, 1.807) is 0 Å². The van der Waals surface area contributed by atoms with Crippen LogP contribution in [0.4, 0.5) is 0 Å². The molecule has 1 unspecified atom stereocenters. The Kier molecular flexibility index (Phi) is 5.06. The van der Waals surface area contributed by atoms with Gasteiger partial charge in [0, 0.05) is 0 Å². The first-order valence-corrected chi connectivity index (χ1v) is 3.91. The molecule has 0 saturated heterocycles. The van der Waals surface area contributed by atoms with Gasteiger partial charge in [-0.25, -0.2) is 0 Å². The number of nitriles is 1. The van der Waals surface area contributed by atoms with Crippen LogP contribution in [0.1, 0.15) is 20.3 Å². The summed E-state index contributed by atoms with van der Waals surface area (Å²) in [7, 11) is 0. The second-order valence-corrected chi connectivity index (χ2v) is 3.06. The van der Waals surface area contributed by atoms with E-state index < -0.39 is 12.0 Å². The monoisotopic (exact) mass is 170 g/mol. The second-order valence-electron chi connectivity index (χ2n) is 3.06. The highest BCUT2D eigenvalue weighted by atomic mass is 16.4. The third-order valence-corrected chi connectivity index (χ3v) is 1.43. The Bertz CT molecular complexity index is 184. The second kappa shape index (κ2) is 5.56. The number of nitrogens with one attached hydrogen (secondary N) is 1. The van der Waals surface area contributed by atoms with Crippen molar-refractivity contribution in [3.05, 3.63) is 0 Å². The summed E-state index contributed by atoms with van der Waals surface area (Å²) in [5.41, 5.74) is 0. The zero-order valence-corrected chi connectivity index (χ0v) is 7.37. The van der Waals surface area contributed by atoms with Gasteiger partial charge in [-0.05, 0) is 12.3 Å². The quantitative estimate of drug-likeness (QED) is 0.592. The molecule has 0 aliphatic rings. The summed E-state index contributed by atoms with van der Waals surface area (Å²) < 4.78 is 0. The molecule has 4 heteroatoms. The Hall–Kier alpha value is -1.08. The Morgan fingerprint density at radius 1 is 1.67 bits per heavy atom. The van der Waals surface area contributed by atoms with E-state index in [0.717, 1.165) is 0 Å². The number of aliphatic carboxylic acids is 1. The third-order valence-electron chi connectivity index (χ3n) is 1.43. The maximum Gasteiger partial charge on any atom is 0.320 e. The molecule has 4 nitrogen and oxygen atoms in total. The molecular formula is C8H14N2O2. The summed E-state index contributed by atoms with van der Waals surface area (Å²) in [6.45, 7) is 3.98. The maximum atomic E-state index is 10.6. The molecule has 0 spiro atoms. The molecule has 0 saturated carbocycles. The minimum absolute atomic E-state index is 0.0870. The predicted octanol–water partition coefficient (Wildman–Crippen LogP) is 0.599. The Balaban J connectivity index is 3.89. The van der Waals surface area contributed by atoms with E-state index in [0.29, 0.717) is 12.3 Å². The minimum Gasteiger partial charge on any atom is -0.480 e. The lowest BCUT2D eigenvalue weighted by molar-refractivity contribution is -0.139. The fourth-order valence-electron chi connectivity index (χ4n) is 0.912. The van der Waals surface area contributed by atoms with Crippen molar-refractivity contribution < 1.29 is 9.90 Å². The van der Waals surface area contributed by atoms with Crippen molar-refractivity contribution in [2.75, 3.05) is 6.54 Å². The van der Waals surface area contributed by atoms with Crippen molar-refractivity contribution in [1.29, 1.82) is 5.26 Å². The van der Waals surface area contributed by atoms with Crippen molar-refractivity contribution >= 4 is 5.97 Å². The van der Waals surface area contributed by atoms with Gasteiger partial charge in [-0.2, -0.15) is 5.26 Å². The van der Waals surface area contributed by atoms with Crippen LogP contribution in [0.5, 0.6) is 0 Å². The predicted molar refractivity (Wildman–Crippen MR) is 44.5 cm³/mol. The summed E-state index contributed by atoms with van der Waals surface area (Å²) in [4.78, 5) is 10.6. The fourth-order valence-corrected chi connectivity index (χ4v) is 0.912. The van der Waals surface area contributed by atoms with Crippen molar-refractivity contribution in [3.8, 4) is 6.07 Å². The number of rotatable bonds is 5. The Morgan fingerprint density at radius 3 is 2.58 bits per heavy atom. The largest absolute Gasteiger partial charge is 0.480 e. The van der Waals surface area contributed by atoms with Crippen molar-refractivity contribution in [2.24, 2.45) is 5.92 Å². The molecule has 0 aromatic rings. The van der Waals surface area contributed by atoms with Crippen LogP contribution < -0.4 is 5.32 Å². The molecule has 0 amide bonds. The number of carboxylic acids is 1. The lowest BCUT2D eigenvalue weighted by Gasteiger charge is -2.13. The van der Waals surface area contributed by atoms with Crippen LogP contribution in [0.15, 0.2) is 0 Å². The number of carbonyl (C=O) groups is 1. The van der Waals surface area contributed by atoms with Gasteiger partial charge >= 0.3 is 5.97 Å². The van der Waals surface area contributed by atoms with Crippen molar-refractivity contribution in [1.82, 2.24) is 5.32 Å². The van der Waals surface area contributed by atoms with Gasteiger partial charge < -0.3 is 5.11 Å².